The number of benzene rings is 1. The number of para-hydroxylation sites is 1. The molecule has 0 radical (unpaired) electrons. The van der Waals surface area contributed by atoms with Crippen LogP contribution >= 0.6 is 0 Å². The Hall–Kier alpha value is -2.70. The van der Waals surface area contributed by atoms with E-state index in [1.54, 1.807) is 24.3 Å². The molecule has 1 atom stereocenters. The number of fused-ring (bicyclic) bond motifs is 1. The summed E-state index contributed by atoms with van der Waals surface area (Å²) in [7, 11) is 0. The first-order chi connectivity index (χ1) is 10.9. The summed E-state index contributed by atoms with van der Waals surface area (Å²) in [6.07, 6.45) is 1.75. The van der Waals surface area contributed by atoms with Crippen LogP contribution in [0.5, 0.6) is 0 Å². The minimum Gasteiger partial charge on any atom is -0.480 e. The van der Waals surface area contributed by atoms with Crippen LogP contribution in [0.3, 0.4) is 0 Å². The van der Waals surface area contributed by atoms with Crippen molar-refractivity contribution in [3.8, 4) is 0 Å². The molecule has 0 saturated heterocycles. The van der Waals surface area contributed by atoms with Gasteiger partial charge in [0.15, 0.2) is 0 Å². The first-order valence-electron chi connectivity index (χ1n) is 7.35. The van der Waals surface area contributed by atoms with Crippen molar-refractivity contribution in [3.63, 3.8) is 0 Å². The molecule has 0 aliphatic heterocycles. The predicted molar refractivity (Wildman–Crippen MR) is 85.1 cm³/mol. The van der Waals surface area contributed by atoms with Gasteiger partial charge in [-0.2, -0.15) is 0 Å². The third kappa shape index (κ3) is 3.94. The molecule has 122 valence electrons. The van der Waals surface area contributed by atoms with Gasteiger partial charge in [-0.1, -0.05) is 26.0 Å². The number of carbonyl (C=O) groups is 2. The number of carbonyl (C=O) groups excluding carboxylic acids is 1. The fraction of sp³-hybridized carbons (Fsp3) is 0.375. The number of aliphatic carboxylic acids is 1. The molecule has 1 amide bonds. The lowest BCUT2D eigenvalue weighted by atomic mass is 10.0. The number of aromatic nitrogens is 2. The van der Waals surface area contributed by atoms with Gasteiger partial charge in [-0.15, -0.1) is 0 Å². The Morgan fingerprint density at radius 2 is 2.00 bits per heavy atom. The summed E-state index contributed by atoms with van der Waals surface area (Å²) in [5.41, 5.74) is 0.245. The number of amides is 1. The van der Waals surface area contributed by atoms with E-state index in [0.29, 0.717) is 17.3 Å². The summed E-state index contributed by atoms with van der Waals surface area (Å²) in [4.78, 5) is 39.8. The Labute approximate surface area is 133 Å². The average molecular weight is 317 g/mol. The van der Waals surface area contributed by atoms with E-state index in [1.165, 1.54) is 10.9 Å². The standard InChI is InChI=1S/C16H19N3O4/c1-10(2)7-13(15(22)17-8-14(20)21)19-9-18-12-6-4-3-5-11(12)16(19)23/h3-6,9-10,13H,7-8H2,1-2H3,(H,17,22)(H,20,21)/t13-/m1/s1. The SMILES string of the molecule is CC(C)C[C@H](C(=O)NCC(=O)O)n1cnc2ccccc2c1=O. The second-order valence-corrected chi connectivity index (χ2v) is 5.73. The van der Waals surface area contributed by atoms with Crippen molar-refractivity contribution < 1.29 is 14.7 Å². The molecule has 2 rings (SSSR count). The molecule has 1 heterocycles. The van der Waals surface area contributed by atoms with Gasteiger partial charge in [0, 0.05) is 0 Å². The monoisotopic (exact) mass is 317 g/mol. The van der Waals surface area contributed by atoms with Gasteiger partial charge < -0.3 is 10.4 Å². The lowest BCUT2D eigenvalue weighted by molar-refractivity contribution is -0.138. The van der Waals surface area contributed by atoms with Crippen LogP contribution in [0.4, 0.5) is 0 Å². The molecule has 2 aromatic rings. The van der Waals surface area contributed by atoms with Gasteiger partial charge in [0.2, 0.25) is 5.91 Å². The molecule has 7 nitrogen and oxygen atoms in total. The normalized spacial score (nSPS) is 12.3. The first kappa shape index (κ1) is 16.7. The minimum atomic E-state index is -1.13. The van der Waals surface area contributed by atoms with Gasteiger partial charge in [0.05, 0.1) is 17.2 Å². The van der Waals surface area contributed by atoms with Crippen LogP contribution < -0.4 is 10.9 Å². The predicted octanol–water partition coefficient (Wildman–Crippen LogP) is 1.18. The first-order valence-corrected chi connectivity index (χ1v) is 7.35. The van der Waals surface area contributed by atoms with Gasteiger partial charge in [0.25, 0.3) is 5.56 Å². The number of carboxylic acids is 1. The van der Waals surface area contributed by atoms with Crippen LogP contribution in [0.15, 0.2) is 35.4 Å². The van der Waals surface area contributed by atoms with Crippen molar-refractivity contribution in [3.05, 3.63) is 40.9 Å². The molecule has 0 unspecified atom stereocenters. The maximum atomic E-state index is 12.6. The zero-order valence-electron chi connectivity index (χ0n) is 13.0. The highest BCUT2D eigenvalue weighted by molar-refractivity contribution is 5.84. The van der Waals surface area contributed by atoms with E-state index in [4.69, 9.17) is 5.11 Å². The Kier molecular flexibility index (Phi) is 5.10. The topological polar surface area (TPSA) is 101 Å². The number of hydrogen-bond donors (Lipinski definition) is 2. The molecule has 23 heavy (non-hydrogen) atoms. The van der Waals surface area contributed by atoms with E-state index in [1.807, 2.05) is 13.8 Å². The number of hydrogen-bond acceptors (Lipinski definition) is 4. The summed E-state index contributed by atoms with van der Waals surface area (Å²) in [5.74, 6) is -1.49. The molecule has 0 spiro atoms. The molecule has 7 heteroatoms. The van der Waals surface area contributed by atoms with Gasteiger partial charge in [-0.05, 0) is 24.5 Å². The third-order valence-electron chi connectivity index (χ3n) is 3.44. The summed E-state index contributed by atoms with van der Waals surface area (Å²) in [5, 5.41) is 11.5. The molecule has 0 saturated carbocycles. The van der Waals surface area contributed by atoms with Gasteiger partial charge in [-0.3, -0.25) is 19.0 Å². The summed E-state index contributed by atoms with van der Waals surface area (Å²) < 4.78 is 1.28. The Balaban J connectivity index is 2.43. The summed E-state index contributed by atoms with van der Waals surface area (Å²) >= 11 is 0. The maximum absolute atomic E-state index is 12.6. The molecule has 0 fully saturated rings. The van der Waals surface area contributed by atoms with Crippen molar-refractivity contribution >= 4 is 22.8 Å². The maximum Gasteiger partial charge on any atom is 0.322 e. The summed E-state index contributed by atoms with van der Waals surface area (Å²) in [6.45, 7) is 3.37. The smallest absolute Gasteiger partial charge is 0.322 e. The highest BCUT2D eigenvalue weighted by atomic mass is 16.4. The molecule has 1 aromatic carbocycles. The van der Waals surface area contributed by atoms with Crippen LogP contribution in [0, 0.1) is 5.92 Å². The fourth-order valence-corrected chi connectivity index (χ4v) is 2.38. The van der Waals surface area contributed by atoms with Crippen molar-refractivity contribution in [1.82, 2.24) is 14.9 Å². The van der Waals surface area contributed by atoms with Gasteiger partial charge in [-0.25, -0.2) is 4.98 Å². The highest BCUT2D eigenvalue weighted by Crippen LogP contribution is 2.17. The van der Waals surface area contributed by atoms with E-state index < -0.39 is 24.5 Å². The van der Waals surface area contributed by atoms with E-state index in [2.05, 4.69) is 10.3 Å². The molecule has 2 N–H and O–H groups in total. The van der Waals surface area contributed by atoms with E-state index in [0.717, 1.165) is 0 Å². The van der Waals surface area contributed by atoms with Crippen LogP contribution in [0.1, 0.15) is 26.3 Å². The lowest BCUT2D eigenvalue weighted by Crippen LogP contribution is -2.40. The van der Waals surface area contributed by atoms with E-state index >= 15 is 0 Å². The van der Waals surface area contributed by atoms with Crippen molar-refractivity contribution in [1.29, 1.82) is 0 Å². The Morgan fingerprint density at radius 1 is 1.30 bits per heavy atom. The van der Waals surface area contributed by atoms with E-state index in [9.17, 15) is 14.4 Å². The molecular formula is C16H19N3O4. The van der Waals surface area contributed by atoms with Crippen LogP contribution in [0.2, 0.25) is 0 Å². The second-order valence-electron chi connectivity index (χ2n) is 5.73. The molecule has 0 bridgehead atoms. The van der Waals surface area contributed by atoms with Crippen LogP contribution in [0.25, 0.3) is 10.9 Å². The fourth-order valence-electron chi connectivity index (χ4n) is 2.38. The van der Waals surface area contributed by atoms with Crippen LogP contribution in [-0.4, -0.2) is 33.1 Å². The number of nitrogens with zero attached hydrogens (tertiary/aromatic N) is 2. The minimum absolute atomic E-state index is 0.147. The molecule has 1 aromatic heterocycles. The van der Waals surface area contributed by atoms with Crippen LogP contribution in [-0.2, 0) is 9.59 Å². The second kappa shape index (κ2) is 7.04. The Morgan fingerprint density at radius 3 is 2.65 bits per heavy atom. The van der Waals surface area contributed by atoms with Crippen molar-refractivity contribution in [2.24, 2.45) is 5.92 Å². The quantitative estimate of drug-likeness (QED) is 0.833. The number of rotatable bonds is 6. The zero-order chi connectivity index (χ0) is 17.0. The molecule has 0 aliphatic carbocycles. The van der Waals surface area contributed by atoms with E-state index in [-0.39, 0.29) is 11.5 Å². The average Bonchev–Trinajstić information content (AvgIpc) is 2.51. The zero-order valence-corrected chi connectivity index (χ0v) is 13.0. The summed E-state index contributed by atoms with van der Waals surface area (Å²) in [6, 6.07) is 6.10. The van der Waals surface area contributed by atoms with Crippen molar-refractivity contribution in [2.45, 2.75) is 26.3 Å². The Bertz CT molecular complexity index is 782. The van der Waals surface area contributed by atoms with Crippen molar-refractivity contribution in [2.75, 3.05) is 6.54 Å². The lowest BCUT2D eigenvalue weighted by Gasteiger charge is -2.20. The number of carboxylic acid groups (broad SMARTS) is 1. The highest BCUT2D eigenvalue weighted by Gasteiger charge is 2.24. The molecular weight excluding hydrogens is 298 g/mol. The van der Waals surface area contributed by atoms with Gasteiger partial charge >= 0.3 is 5.97 Å². The number of nitrogens with one attached hydrogen (secondary N) is 1. The van der Waals surface area contributed by atoms with Gasteiger partial charge in [0.1, 0.15) is 12.6 Å². The largest absolute Gasteiger partial charge is 0.480 e. The third-order valence-corrected chi connectivity index (χ3v) is 3.44. The molecule has 0 aliphatic rings.